The fraction of sp³-hybridized carbons (Fsp3) is 0.0556. The largest absolute Gasteiger partial charge is 0.456 e. The molecule has 278 valence electrons. The van der Waals surface area contributed by atoms with Crippen LogP contribution in [-0.4, -0.2) is 15.0 Å². The van der Waals surface area contributed by atoms with E-state index in [4.69, 9.17) is 19.4 Å². The van der Waals surface area contributed by atoms with E-state index in [-0.39, 0.29) is 5.41 Å². The van der Waals surface area contributed by atoms with E-state index in [0.29, 0.717) is 17.5 Å². The lowest BCUT2D eigenvalue weighted by Gasteiger charge is -2.24. The van der Waals surface area contributed by atoms with Crippen molar-refractivity contribution in [3.05, 3.63) is 187 Å². The smallest absolute Gasteiger partial charge is 0.164 e. The van der Waals surface area contributed by atoms with E-state index in [9.17, 15) is 0 Å². The molecule has 8 aromatic carbocycles. The summed E-state index contributed by atoms with van der Waals surface area (Å²) >= 11 is 1.79. The summed E-state index contributed by atoms with van der Waals surface area (Å²) in [5.41, 5.74) is 14.6. The van der Waals surface area contributed by atoms with Gasteiger partial charge in [0.25, 0.3) is 0 Å². The number of benzene rings is 8. The lowest BCUT2D eigenvalue weighted by atomic mass is 9.79. The molecule has 0 radical (unpaired) electrons. The zero-order valence-corrected chi connectivity index (χ0v) is 33.2. The van der Waals surface area contributed by atoms with E-state index < -0.39 is 0 Å². The Bertz CT molecular complexity index is 3470. The molecule has 0 aliphatic heterocycles. The number of rotatable bonds is 5. The van der Waals surface area contributed by atoms with Crippen molar-refractivity contribution in [2.45, 2.75) is 19.3 Å². The highest BCUT2D eigenvalue weighted by atomic mass is 32.1. The average molecular weight is 774 g/mol. The fourth-order valence-corrected chi connectivity index (χ4v) is 10.5. The summed E-state index contributed by atoms with van der Waals surface area (Å²) in [6.07, 6.45) is 0. The van der Waals surface area contributed by atoms with E-state index >= 15 is 0 Å². The Hall–Kier alpha value is -7.21. The molecule has 0 amide bonds. The van der Waals surface area contributed by atoms with Gasteiger partial charge in [0.1, 0.15) is 11.2 Å². The molecule has 0 saturated carbocycles. The molecular formula is C54H35N3OS. The van der Waals surface area contributed by atoms with Crippen molar-refractivity contribution in [3.63, 3.8) is 0 Å². The van der Waals surface area contributed by atoms with Crippen LogP contribution in [-0.2, 0) is 5.41 Å². The van der Waals surface area contributed by atoms with E-state index in [0.717, 1.165) is 55.1 Å². The first kappa shape index (κ1) is 33.9. The lowest BCUT2D eigenvalue weighted by molar-refractivity contribution is 0.662. The summed E-state index contributed by atoms with van der Waals surface area (Å²) < 4.78 is 8.97. The molecule has 0 spiro atoms. The van der Waals surface area contributed by atoms with Gasteiger partial charge in [0.05, 0.1) is 0 Å². The van der Waals surface area contributed by atoms with Crippen molar-refractivity contribution >= 4 is 53.4 Å². The van der Waals surface area contributed by atoms with Crippen LogP contribution < -0.4 is 0 Å². The molecule has 59 heavy (non-hydrogen) atoms. The predicted octanol–water partition coefficient (Wildman–Crippen LogP) is 14.8. The van der Waals surface area contributed by atoms with Gasteiger partial charge in [-0.25, -0.2) is 15.0 Å². The van der Waals surface area contributed by atoms with Gasteiger partial charge in [-0.15, -0.1) is 11.3 Å². The summed E-state index contributed by atoms with van der Waals surface area (Å²) in [5.74, 6) is 1.88. The number of fused-ring (bicyclic) bond motifs is 9. The van der Waals surface area contributed by atoms with Crippen LogP contribution in [0.2, 0.25) is 0 Å². The molecule has 0 N–H and O–H groups in total. The summed E-state index contributed by atoms with van der Waals surface area (Å²) in [5, 5.41) is 4.37. The minimum Gasteiger partial charge on any atom is -0.456 e. The van der Waals surface area contributed by atoms with Crippen molar-refractivity contribution in [1.82, 2.24) is 15.0 Å². The number of furan rings is 1. The van der Waals surface area contributed by atoms with Crippen LogP contribution in [0, 0.1) is 0 Å². The molecule has 12 rings (SSSR count). The van der Waals surface area contributed by atoms with Crippen LogP contribution in [0.5, 0.6) is 0 Å². The molecule has 0 saturated heterocycles. The second-order valence-electron chi connectivity index (χ2n) is 15.9. The molecule has 5 heteroatoms. The van der Waals surface area contributed by atoms with Gasteiger partial charge in [0, 0.05) is 53.1 Å². The van der Waals surface area contributed by atoms with Gasteiger partial charge in [-0.3, -0.25) is 0 Å². The SMILES string of the molecule is CC1(C)c2ccccc2-c2cccc(-c3ccc(-c4ccc5oc6cccc(-c7nc(-c8ccccc8)nc(-c8cccc9sc%10ccccc%10c89)n7)c6c5c4)cc3)c21. The minimum atomic E-state index is -0.0843. The molecule has 0 atom stereocenters. The number of hydrogen-bond acceptors (Lipinski definition) is 5. The minimum absolute atomic E-state index is 0.0843. The summed E-state index contributed by atoms with van der Waals surface area (Å²) in [6.45, 7) is 4.70. The quantitative estimate of drug-likeness (QED) is 0.175. The van der Waals surface area contributed by atoms with Crippen molar-refractivity contribution in [3.8, 4) is 67.5 Å². The first-order valence-corrected chi connectivity index (χ1v) is 20.8. The molecule has 4 nitrogen and oxygen atoms in total. The topological polar surface area (TPSA) is 51.8 Å². The molecule has 11 aromatic rings. The maximum atomic E-state index is 6.53. The normalized spacial score (nSPS) is 13.1. The Kier molecular flexibility index (Phi) is 7.41. The molecule has 0 fully saturated rings. The molecular weight excluding hydrogens is 739 g/mol. The van der Waals surface area contributed by atoms with Gasteiger partial charge in [-0.1, -0.05) is 159 Å². The Morgan fingerprint density at radius 2 is 1.02 bits per heavy atom. The number of thiophene rings is 1. The monoisotopic (exact) mass is 773 g/mol. The Morgan fingerprint density at radius 3 is 1.86 bits per heavy atom. The Balaban J connectivity index is 0.993. The predicted molar refractivity (Wildman–Crippen MR) is 245 cm³/mol. The highest BCUT2D eigenvalue weighted by Gasteiger charge is 2.37. The van der Waals surface area contributed by atoms with Crippen LogP contribution in [0.25, 0.3) is 110 Å². The van der Waals surface area contributed by atoms with E-state index in [1.807, 2.05) is 30.3 Å². The second-order valence-corrected chi connectivity index (χ2v) is 17.0. The third-order valence-corrected chi connectivity index (χ3v) is 13.3. The molecule has 3 heterocycles. The lowest BCUT2D eigenvalue weighted by Crippen LogP contribution is -2.16. The van der Waals surface area contributed by atoms with E-state index in [2.05, 4.69) is 159 Å². The van der Waals surface area contributed by atoms with Crippen molar-refractivity contribution in [2.75, 3.05) is 0 Å². The molecule has 0 unspecified atom stereocenters. The highest BCUT2D eigenvalue weighted by Crippen LogP contribution is 2.52. The zero-order chi connectivity index (χ0) is 39.2. The molecule has 1 aliphatic carbocycles. The first-order chi connectivity index (χ1) is 29.0. The van der Waals surface area contributed by atoms with Gasteiger partial charge in [-0.05, 0) is 74.8 Å². The number of aromatic nitrogens is 3. The standard InChI is InChI=1S/C54H35N3OS/c1-54(2)43-21-8-6-15-37(43)38-18-10-17-36(50(38)54)33-27-25-32(26-28-33)35-29-30-44-42(31-35)48-40(19-11-22-45(48)58-44)52-55-51(34-13-4-3-5-14-34)56-53(57-52)41-20-12-24-47-49(41)39-16-7-9-23-46(39)59-47/h3-31H,1-2H3. The maximum Gasteiger partial charge on any atom is 0.164 e. The maximum absolute atomic E-state index is 6.53. The van der Waals surface area contributed by atoms with Crippen LogP contribution in [0.3, 0.4) is 0 Å². The summed E-state index contributed by atoms with van der Waals surface area (Å²) in [6, 6.07) is 62.4. The Morgan fingerprint density at radius 1 is 0.407 bits per heavy atom. The number of nitrogens with zero attached hydrogens (tertiary/aromatic N) is 3. The van der Waals surface area contributed by atoms with E-state index in [1.54, 1.807) is 11.3 Å². The summed E-state index contributed by atoms with van der Waals surface area (Å²) in [4.78, 5) is 15.6. The second kappa shape index (κ2) is 12.9. The highest BCUT2D eigenvalue weighted by molar-refractivity contribution is 7.25. The average Bonchev–Trinajstić information content (AvgIpc) is 3.94. The Labute approximate surface area is 345 Å². The van der Waals surface area contributed by atoms with Gasteiger partial charge in [0.15, 0.2) is 17.5 Å². The van der Waals surface area contributed by atoms with Crippen molar-refractivity contribution in [2.24, 2.45) is 0 Å². The first-order valence-electron chi connectivity index (χ1n) is 20.0. The van der Waals surface area contributed by atoms with Crippen LogP contribution in [0.15, 0.2) is 180 Å². The third-order valence-electron chi connectivity index (χ3n) is 12.2. The van der Waals surface area contributed by atoms with Gasteiger partial charge < -0.3 is 4.42 Å². The van der Waals surface area contributed by atoms with Crippen LogP contribution in [0.1, 0.15) is 25.0 Å². The molecule has 3 aromatic heterocycles. The van der Waals surface area contributed by atoms with Crippen molar-refractivity contribution in [1.29, 1.82) is 0 Å². The molecule has 1 aliphatic rings. The van der Waals surface area contributed by atoms with E-state index in [1.165, 1.54) is 48.2 Å². The third kappa shape index (κ3) is 5.25. The zero-order valence-electron chi connectivity index (χ0n) is 32.4. The van der Waals surface area contributed by atoms with Gasteiger partial charge >= 0.3 is 0 Å². The molecule has 0 bridgehead atoms. The summed E-state index contributed by atoms with van der Waals surface area (Å²) in [7, 11) is 0. The van der Waals surface area contributed by atoms with Gasteiger partial charge in [0.2, 0.25) is 0 Å². The fourth-order valence-electron chi connectivity index (χ4n) is 9.42. The number of hydrogen-bond donors (Lipinski definition) is 0. The van der Waals surface area contributed by atoms with Crippen LogP contribution in [0.4, 0.5) is 0 Å². The van der Waals surface area contributed by atoms with Crippen LogP contribution >= 0.6 is 11.3 Å². The van der Waals surface area contributed by atoms with Crippen molar-refractivity contribution < 1.29 is 4.42 Å². The van der Waals surface area contributed by atoms with Gasteiger partial charge in [-0.2, -0.15) is 0 Å².